The molecule has 0 atom stereocenters. The normalized spacial score (nSPS) is 11.2. The van der Waals surface area contributed by atoms with E-state index in [2.05, 4.69) is 37.2 Å². The van der Waals surface area contributed by atoms with E-state index in [4.69, 9.17) is 9.97 Å². The van der Waals surface area contributed by atoms with E-state index in [0.29, 0.717) is 16.4 Å². The largest absolute Gasteiger partial charge is 0.298 e. The van der Waals surface area contributed by atoms with Crippen LogP contribution in [0.15, 0.2) is 75.7 Å². The van der Waals surface area contributed by atoms with Crippen LogP contribution in [0.3, 0.4) is 0 Å². The Labute approximate surface area is 197 Å². The highest BCUT2D eigenvalue weighted by Gasteiger charge is 2.19. The summed E-state index contributed by atoms with van der Waals surface area (Å²) in [5, 5.41) is 4.20. The molecule has 4 nitrogen and oxygen atoms in total. The van der Waals surface area contributed by atoms with Gasteiger partial charge in [0.25, 0.3) is 5.91 Å². The molecule has 0 aliphatic rings. The second-order valence-electron chi connectivity index (χ2n) is 6.77. The highest BCUT2D eigenvalue weighted by molar-refractivity contribution is 9.11. The molecule has 0 fully saturated rings. The fraction of sp³-hybridized carbons (Fsp3) is 0. The smallest absolute Gasteiger partial charge is 0.257 e. The summed E-state index contributed by atoms with van der Waals surface area (Å²) >= 11 is 8.45. The van der Waals surface area contributed by atoms with E-state index in [0.717, 1.165) is 35.6 Å². The van der Waals surface area contributed by atoms with Gasteiger partial charge in [-0.2, -0.15) is 0 Å². The van der Waals surface area contributed by atoms with Crippen molar-refractivity contribution in [3.63, 3.8) is 0 Å². The number of carbonyl (C=O) groups is 1. The Balaban J connectivity index is 1.72. The molecule has 152 valence electrons. The zero-order valence-corrected chi connectivity index (χ0v) is 19.7. The first-order valence-electron chi connectivity index (χ1n) is 9.21. The number of aromatic nitrogens is 2. The van der Waals surface area contributed by atoms with Crippen molar-refractivity contribution in [2.24, 2.45) is 0 Å². The van der Waals surface area contributed by atoms with E-state index in [1.54, 1.807) is 24.3 Å². The summed E-state index contributed by atoms with van der Waals surface area (Å²) in [6, 6.07) is 19.0. The molecular weight excluding hydrogens is 545 g/mol. The number of thiazole rings is 1. The third-order valence-corrected chi connectivity index (χ3v) is 6.76. The van der Waals surface area contributed by atoms with Gasteiger partial charge in [0.15, 0.2) is 5.13 Å². The van der Waals surface area contributed by atoms with Crippen LogP contribution in [0.5, 0.6) is 0 Å². The SMILES string of the molecule is O=C(Nc1nc2c(s1)c(-c1ccc(F)cc1)nc1c(Br)cc(Br)cc12)c1ccccc1. The molecule has 0 aliphatic carbocycles. The summed E-state index contributed by atoms with van der Waals surface area (Å²) in [5.41, 5.74) is 3.46. The number of pyridine rings is 1. The van der Waals surface area contributed by atoms with Crippen molar-refractivity contribution >= 4 is 75.4 Å². The molecule has 31 heavy (non-hydrogen) atoms. The number of amides is 1. The first-order chi connectivity index (χ1) is 15.0. The molecule has 0 aliphatic heterocycles. The van der Waals surface area contributed by atoms with E-state index in [1.807, 2.05) is 30.3 Å². The monoisotopic (exact) mass is 555 g/mol. The van der Waals surface area contributed by atoms with Gasteiger partial charge in [-0.25, -0.2) is 14.4 Å². The van der Waals surface area contributed by atoms with Crippen LogP contribution >= 0.6 is 43.2 Å². The van der Waals surface area contributed by atoms with Crippen LogP contribution < -0.4 is 5.32 Å². The quantitative estimate of drug-likeness (QED) is 0.251. The molecule has 0 saturated carbocycles. The van der Waals surface area contributed by atoms with Crippen LogP contribution in [-0.2, 0) is 0 Å². The second kappa shape index (κ2) is 8.11. The minimum atomic E-state index is -0.314. The average Bonchev–Trinajstić information content (AvgIpc) is 3.18. The number of fused-ring (bicyclic) bond motifs is 3. The maximum absolute atomic E-state index is 13.5. The molecule has 1 N–H and O–H groups in total. The molecule has 2 heterocycles. The minimum Gasteiger partial charge on any atom is -0.298 e. The maximum atomic E-state index is 13.5. The van der Waals surface area contributed by atoms with Crippen LogP contribution in [0.1, 0.15) is 10.4 Å². The van der Waals surface area contributed by atoms with Gasteiger partial charge < -0.3 is 0 Å². The van der Waals surface area contributed by atoms with Gasteiger partial charge in [-0.1, -0.05) is 45.5 Å². The van der Waals surface area contributed by atoms with Crippen LogP contribution in [-0.4, -0.2) is 15.9 Å². The lowest BCUT2D eigenvalue weighted by Crippen LogP contribution is -2.11. The standard InChI is InChI=1S/C23H12Br2FN3OS/c24-14-10-16-19(17(25)11-14)27-18(12-6-8-15(26)9-7-12)21-20(16)28-23(31-21)29-22(30)13-4-2-1-3-5-13/h1-11H,(H,28,29,30). The fourth-order valence-corrected chi connectivity index (χ4v) is 5.60. The summed E-state index contributed by atoms with van der Waals surface area (Å²) < 4.78 is 16.0. The van der Waals surface area contributed by atoms with Crippen molar-refractivity contribution in [3.8, 4) is 11.3 Å². The molecule has 1 amide bonds. The van der Waals surface area contributed by atoms with E-state index in [-0.39, 0.29) is 11.7 Å². The molecule has 3 aromatic carbocycles. The minimum absolute atomic E-state index is 0.234. The second-order valence-corrected chi connectivity index (χ2v) is 9.54. The Morgan fingerprint density at radius 1 is 0.935 bits per heavy atom. The van der Waals surface area contributed by atoms with E-state index < -0.39 is 0 Å². The van der Waals surface area contributed by atoms with Gasteiger partial charge in [0.1, 0.15) is 5.82 Å². The Bertz CT molecular complexity index is 1450. The molecule has 5 rings (SSSR count). The van der Waals surface area contributed by atoms with Crippen molar-refractivity contribution in [2.45, 2.75) is 0 Å². The number of rotatable bonds is 3. The van der Waals surface area contributed by atoms with Gasteiger partial charge in [-0.05, 0) is 64.5 Å². The lowest BCUT2D eigenvalue weighted by molar-refractivity contribution is 0.102. The highest BCUT2D eigenvalue weighted by atomic mass is 79.9. The van der Waals surface area contributed by atoms with Crippen molar-refractivity contribution in [2.75, 3.05) is 5.32 Å². The van der Waals surface area contributed by atoms with Gasteiger partial charge in [-0.3, -0.25) is 10.1 Å². The summed E-state index contributed by atoms with van der Waals surface area (Å²) in [7, 11) is 0. The first kappa shape index (κ1) is 20.2. The number of carbonyl (C=O) groups excluding carboxylic acids is 1. The Morgan fingerprint density at radius 3 is 2.42 bits per heavy atom. The van der Waals surface area contributed by atoms with Crippen molar-refractivity contribution in [1.82, 2.24) is 9.97 Å². The Morgan fingerprint density at radius 2 is 1.68 bits per heavy atom. The fourth-order valence-electron chi connectivity index (χ4n) is 3.30. The molecule has 8 heteroatoms. The molecule has 2 aromatic heterocycles. The van der Waals surface area contributed by atoms with E-state index in [9.17, 15) is 9.18 Å². The van der Waals surface area contributed by atoms with Gasteiger partial charge in [-0.15, -0.1) is 0 Å². The first-order valence-corrected chi connectivity index (χ1v) is 11.6. The molecule has 0 spiro atoms. The van der Waals surface area contributed by atoms with Gasteiger partial charge >= 0.3 is 0 Å². The van der Waals surface area contributed by atoms with Crippen LogP contribution in [0.25, 0.3) is 32.4 Å². The molecule has 0 saturated heterocycles. The number of nitrogens with zero attached hydrogens (tertiary/aromatic N) is 2. The van der Waals surface area contributed by atoms with Crippen molar-refractivity contribution in [1.29, 1.82) is 0 Å². The number of halogens is 3. The van der Waals surface area contributed by atoms with Gasteiger partial charge in [0.05, 0.1) is 21.4 Å². The third-order valence-electron chi connectivity index (χ3n) is 4.72. The molecule has 0 radical (unpaired) electrons. The van der Waals surface area contributed by atoms with E-state index in [1.165, 1.54) is 23.5 Å². The van der Waals surface area contributed by atoms with Crippen LogP contribution in [0, 0.1) is 5.82 Å². The highest BCUT2D eigenvalue weighted by Crippen LogP contribution is 2.40. The predicted octanol–water partition coefficient (Wildman–Crippen LogP) is 7.43. The molecule has 0 unspecified atom stereocenters. The maximum Gasteiger partial charge on any atom is 0.257 e. The third kappa shape index (κ3) is 3.86. The van der Waals surface area contributed by atoms with Crippen LogP contribution in [0.4, 0.5) is 9.52 Å². The number of benzene rings is 3. The summed E-state index contributed by atoms with van der Waals surface area (Å²) in [5.74, 6) is -0.548. The lowest BCUT2D eigenvalue weighted by atomic mass is 10.1. The lowest BCUT2D eigenvalue weighted by Gasteiger charge is -2.08. The van der Waals surface area contributed by atoms with Crippen LogP contribution in [0.2, 0.25) is 0 Å². The van der Waals surface area contributed by atoms with Crippen molar-refractivity contribution < 1.29 is 9.18 Å². The molecular formula is C23H12Br2FN3OS. The van der Waals surface area contributed by atoms with E-state index >= 15 is 0 Å². The van der Waals surface area contributed by atoms with Crippen molar-refractivity contribution in [3.05, 3.63) is 87.1 Å². The number of nitrogens with one attached hydrogen (secondary N) is 1. The Kier molecular flexibility index (Phi) is 5.29. The zero-order valence-electron chi connectivity index (χ0n) is 15.7. The van der Waals surface area contributed by atoms with Gasteiger partial charge in [0.2, 0.25) is 0 Å². The summed E-state index contributed by atoms with van der Waals surface area (Å²) in [4.78, 5) is 22.2. The average molecular weight is 557 g/mol. The topological polar surface area (TPSA) is 54.9 Å². The number of hydrogen-bond donors (Lipinski definition) is 1. The number of hydrogen-bond acceptors (Lipinski definition) is 4. The molecule has 0 bridgehead atoms. The summed E-state index contributed by atoms with van der Waals surface area (Å²) in [6.07, 6.45) is 0. The summed E-state index contributed by atoms with van der Waals surface area (Å²) in [6.45, 7) is 0. The predicted molar refractivity (Wildman–Crippen MR) is 130 cm³/mol. The zero-order chi connectivity index (χ0) is 21.5. The molecule has 5 aromatic rings. The Hall–Kier alpha value is -2.68. The number of anilines is 1. The van der Waals surface area contributed by atoms with Gasteiger partial charge in [0, 0.05) is 25.5 Å².